The molecule has 2 amide bonds. The Kier molecular flexibility index (Phi) is 5.37. The van der Waals surface area contributed by atoms with Gasteiger partial charge in [0.1, 0.15) is 0 Å². The summed E-state index contributed by atoms with van der Waals surface area (Å²) < 4.78 is 23.2. The topological polar surface area (TPSA) is 118 Å². The maximum Gasteiger partial charge on any atom is 0.256 e. The first-order valence-corrected chi connectivity index (χ1v) is 9.02. The maximum absolute atomic E-state index is 12.3. The average Bonchev–Trinajstić information content (AvgIpc) is 2.54. The molecule has 0 atom stereocenters. The van der Waals surface area contributed by atoms with Crippen molar-refractivity contribution >= 4 is 43.5 Å². The largest absolute Gasteiger partial charge is 0.355 e. The van der Waals surface area contributed by atoms with Gasteiger partial charge in [0.05, 0.1) is 10.5 Å². The first-order valence-electron chi connectivity index (χ1n) is 6.68. The highest BCUT2D eigenvalue weighted by Crippen LogP contribution is 2.22. The number of nitrogens with one attached hydrogen (secondary N) is 2. The van der Waals surface area contributed by atoms with Gasteiger partial charge < -0.3 is 10.6 Å². The van der Waals surface area contributed by atoms with Crippen LogP contribution in [0, 0.1) is 0 Å². The number of hydrogen-bond donors (Lipinski definition) is 3. The fourth-order valence-electron chi connectivity index (χ4n) is 1.90. The van der Waals surface area contributed by atoms with Gasteiger partial charge in [0.15, 0.2) is 0 Å². The lowest BCUT2D eigenvalue weighted by Gasteiger charge is -2.09. The Morgan fingerprint density at radius 2 is 1.67 bits per heavy atom. The van der Waals surface area contributed by atoms with Crippen molar-refractivity contribution in [2.75, 3.05) is 12.4 Å². The summed E-state index contributed by atoms with van der Waals surface area (Å²) in [7, 11) is -2.39. The molecule has 9 heteroatoms. The minimum Gasteiger partial charge on any atom is -0.355 e. The van der Waals surface area contributed by atoms with E-state index in [0.717, 1.165) is 0 Å². The molecule has 0 saturated heterocycles. The van der Waals surface area contributed by atoms with Gasteiger partial charge in [-0.05, 0) is 58.4 Å². The molecule has 0 saturated carbocycles. The molecule has 0 spiro atoms. The fraction of sp³-hybridized carbons (Fsp3) is 0.0667. The van der Waals surface area contributed by atoms with Crippen LogP contribution in [0.2, 0.25) is 0 Å². The van der Waals surface area contributed by atoms with E-state index in [9.17, 15) is 18.0 Å². The number of anilines is 1. The van der Waals surface area contributed by atoms with Crippen LogP contribution in [-0.2, 0) is 10.0 Å². The van der Waals surface area contributed by atoms with Gasteiger partial charge >= 0.3 is 0 Å². The summed E-state index contributed by atoms with van der Waals surface area (Å²) in [6.07, 6.45) is 0. The monoisotopic (exact) mass is 411 g/mol. The molecule has 0 radical (unpaired) electrons. The second-order valence-electron chi connectivity index (χ2n) is 4.80. The van der Waals surface area contributed by atoms with Gasteiger partial charge in [0, 0.05) is 22.8 Å². The summed E-state index contributed by atoms with van der Waals surface area (Å²) in [6, 6.07) is 10.2. The summed E-state index contributed by atoms with van der Waals surface area (Å²) in [5.41, 5.74) is 1.03. The molecule has 0 aliphatic heterocycles. The molecule has 2 aromatic rings. The standard InChI is InChI=1S/C15H14BrN3O4S/c1-18-14(20)9-2-4-10(5-3-9)19-15(21)12-8-11(24(17,22)23)6-7-13(12)16/h2-8H,1H3,(H,18,20)(H,19,21)(H2,17,22,23). The van der Waals surface area contributed by atoms with Gasteiger partial charge in [-0.3, -0.25) is 9.59 Å². The van der Waals surface area contributed by atoms with Crippen LogP contribution in [0.15, 0.2) is 51.8 Å². The Balaban J connectivity index is 2.25. The molecule has 0 aliphatic carbocycles. The van der Waals surface area contributed by atoms with Gasteiger partial charge in [0.25, 0.3) is 11.8 Å². The van der Waals surface area contributed by atoms with Gasteiger partial charge in [-0.25, -0.2) is 13.6 Å². The van der Waals surface area contributed by atoms with Crippen LogP contribution in [0.4, 0.5) is 5.69 Å². The molecular weight excluding hydrogens is 398 g/mol. The normalized spacial score (nSPS) is 11.0. The average molecular weight is 412 g/mol. The zero-order chi connectivity index (χ0) is 17.9. The van der Waals surface area contributed by atoms with Crippen LogP contribution in [-0.4, -0.2) is 27.3 Å². The van der Waals surface area contributed by atoms with E-state index in [-0.39, 0.29) is 16.4 Å². The van der Waals surface area contributed by atoms with Gasteiger partial charge in [-0.2, -0.15) is 0 Å². The first-order chi connectivity index (χ1) is 11.2. The molecule has 2 aromatic carbocycles. The van der Waals surface area contributed by atoms with Gasteiger partial charge in [-0.15, -0.1) is 0 Å². The Morgan fingerprint density at radius 3 is 2.21 bits per heavy atom. The lowest BCUT2D eigenvalue weighted by atomic mass is 10.1. The number of carbonyl (C=O) groups excluding carboxylic acids is 2. The summed E-state index contributed by atoms with van der Waals surface area (Å²) in [6.45, 7) is 0. The highest BCUT2D eigenvalue weighted by Gasteiger charge is 2.16. The zero-order valence-electron chi connectivity index (χ0n) is 12.5. The van der Waals surface area contributed by atoms with E-state index in [0.29, 0.717) is 15.7 Å². The summed E-state index contributed by atoms with van der Waals surface area (Å²) in [4.78, 5) is 23.6. The van der Waals surface area contributed by atoms with Crippen molar-refractivity contribution in [3.05, 3.63) is 58.1 Å². The lowest BCUT2D eigenvalue weighted by molar-refractivity contribution is 0.0962. The van der Waals surface area contributed by atoms with Crippen molar-refractivity contribution in [1.29, 1.82) is 0 Å². The van der Waals surface area contributed by atoms with Crippen molar-refractivity contribution in [3.8, 4) is 0 Å². The molecule has 126 valence electrons. The lowest BCUT2D eigenvalue weighted by Crippen LogP contribution is -2.18. The molecule has 0 fully saturated rings. The number of primary sulfonamides is 1. The Morgan fingerprint density at radius 1 is 1.04 bits per heavy atom. The summed E-state index contributed by atoms with van der Waals surface area (Å²) in [5.74, 6) is -0.753. The Labute approximate surface area is 147 Å². The molecule has 0 aliphatic rings. The van der Waals surface area contributed by atoms with Crippen LogP contribution < -0.4 is 15.8 Å². The molecule has 7 nitrogen and oxygen atoms in total. The number of nitrogens with two attached hydrogens (primary N) is 1. The van der Waals surface area contributed by atoms with E-state index in [1.54, 1.807) is 24.3 Å². The fourth-order valence-corrected chi connectivity index (χ4v) is 2.87. The minimum absolute atomic E-state index is 0.122. The first kappa shape index (κ1) is 18.1. The smallest absolute Gasteiger partial charge is 0.256 e. The van der Waals surface area contributed by atoms with E-state index >= 15 is 0 Å². The van der Waals surface area contributed by atoms with E-state index in [4.69, 9.17) is 5.14 Å². The number of carbonyl (C=O) groups is 2. The van der Waals surface area contributed by atoms with Crippen LogP contribution in [0.3, 0.4) is 0 Å². The number of amides is 2. The SMILES string of the molecule is CNC(=O)c1ccc(NC(=O)c2cc(S(N)(=O)=O)ccc2Br)cc1. The van der Waals surface area contributed by atoms with Gasteiger partial charge in [-0.1, -0.05) is 0 Å². The number of halogens is 1. The molecule has 0 heterocycles. The quantitative estimate of drug-likeness (QED) is 0.709. The van der Waals surface area contributed by atoms with E-state index in [1.165, 1.54) is 25.2 Å². The number of benzene rings is 2. The molecule has 0 aromatic heterocycles. The second-order valence-corrected chi connectivity index (χ2v) is 7.21. The number of sulfonamides is 1. The highest BCUT2D eigenvalue weighted by molar-refractivity contribution is 9.10. The summed E-state index contributed by atoms with van der Waals surface area (Å²) in [5, 5.41) is 10.2. The van der Waals surface area contributed by atoms with Crippen LogP contribution in [0.5, 0.6) is 0 Å². The van der Waals surface area contributed by atoms with Crippen LogP contribution >= 0.6 is 15.9 Å². The molecular formula is C15H14BrN3O4S. The van der Waals surface area contributed by atoms with E-state index in [1.807, 2.05) is 0 Å². The highest BCUT2D eigenvalue weighted by atomic mass is 79.9. The van der Waals surface area contributed by atoms with Crippen molar-refractivity contribution < 1.29 is 18.0 Å². The molecule has 4 N–H and O–H groups in total. The number of hydrogen-bond acceptors (Lipinski definition) is 4. The van der Waals surface area contributed by atoms with E-state index in [2.05, 4.69) is 26.6 Å². The minimum atomic E-state index is -3.91. The predicted octanol–water partition coefficient (Wildman–Crippen LogP) is 1.71. The molecule has 0 unspecified atom stereocenters. The van der Waals surface area contributed by atoms with Crippen LogP contribution in [0.25, 0.3) is 0 Å². The van der Waals surface area contributed by atoms with E-state index < -0.39 is 15.9 Å². The maximum atomic E-state index is 12.3. The third-order valence-electron chi connectivity index (χ3n) is 3.14. The van der Waals surface area contributed by atoms with Gasteiger partial charge in [0.2, 0.25) is 10.0 Å². The number of rotatable bonds is 4. The molecule has 2 rings (SSSR count). The third kappa shape index (κ3) is 4.19. The second kappa shape index (κ2) is 7.12. The van der Waals surface area contributed by atoms with Crippen molar-refractivity contribution in [1.82, 2.24) is 5.32 Å². The van der Waals surface area contributed by atoms with Crippen LogP contribution in [0.1, 0.15) is 20.7 Å². The van der Waals surface area contributed by atoms with Crippen molar-refractivity contribution in [3.63, 3.8) is 0 Å². The predicted molar refractivity (Wildman–Crippen MR) is 93.3 cm³/mol. The third-order valence-corrected chi connectivity index (χ3v) is 4.75. The summed E-state index contributed by atoms with van der Waals surface area (Å²) >= 11 is 3.20. The Bertz CT molecular complexity index is 895. The van der Waals surface area contributed by atoms with Crippen molar-refractivity contribution in [2.45, 2.75) is 4.90 Å². The molecule has 0 bridgehead atoms. The molecule has 24 heavy (non-hydrogen) atoms. The zero-order valence-corrected chi connectivity index (χ0v) is 14.9. The van der Waals surface area contributed by atoms with Crippen molar-refractivity contribution in [2.24, 2.45) is 5.14 Å². The Hall–Kier alpha value is -2.23.